The highest BCUT2D eigenvalue weighted by atomic mass is 127. The molecule has 0 aliphatic rings. The normalized spacial score (nSPS) is 10.4. The first-order valence-electron chi connectivity index (χ1n) is 4.63. The third-order valence-electron chi connectivity index (χ3n) is 2.12. The molecule has 2 heteroatoms. The molecule has 0 amide bonds. The van der Waals surface area contributed by atoms with Gasteiger partial charge in [-0.2, -0.15) is 0 Å². The summed E-state index contributed by atoms with van der Waals surface area (Å²) in [5.74, 6) is 1.01. The molecule has 2 aromatic carbocycles. The van der Waals surface area contributed by atoms with Crippen LogP contribution in [-0.2, 0) is 0 Å². The molecule has 0 N–H and O–H groups in total. The Morgan fingerprint density at radius 1 is 1.14 bits per heavy atom. The van der Waals surface area contributed by atoms with Crippen molar-refractivity contribution in [2.45, 2.75) is 6.92 Å². The van der Waals surface area contributed by atoms with Gasteiger partial charge in [-0.1, -0.05) is 30.3 Å². The fourth-order valence-corrected chi connectivity index (χ4v) is 2.13. The van der Waals surface area contributed by atoms with Crippen molar-refractivity contribution in [2.75, 3.05) is 6.61 Å². The quantitative estimate of drug-likeness (QED) is 0.765. The monoisotopic (exact) mass is 298 g/mol. The molecule has 0 bridgehead atoms. The molecule has 0 aliphatic carbocycles. The maximum Gasteiger partial charge on any atom is 0.140 e. The van der Waals surface area contributed by atoms with E-state index < -0.39 is 0 Å². The van der Waals surface area contributed by atoms with Gasteiger partial charge in [0.05, 0.1) is 10.2 Å². The number of hydrogen-bond acceptors (Lipinski definition) is 1. The molecule has 0 atom stereocenters. The summed E-state index contributed by atoms with van der Waals surface area (Å²) >= 11 is 2.31. The first-order valence-corrected chi connectivity index (χ1v) is 5.71. The van der Waals surface area contributed by atoms with Crippen LogP contribution in [0.5, 0.6) is 5.75 Å². The minimum Gasteiger partial charge on any atom is -0.492 e. The van der Waals surface area contributed by atoms with Crippen LogP contribution in [0, 0.1) is 3.57 Å². The predicted octanol–water partition coefficient (Wildman–Crippen LogP) is 3.84. The van der Waals surface area contributed by atoms with Crippen molar-refractivity contribution < 1.29 is 4.74 Å². The smallest absolute Gasteiger partial charge is 0.140 e. The summed E-state index contributed by atoms with van der Waals surface area (Å²) in [7, 11) is 0. The Labute approximate surface area is 97.2 Å². The average Bonchev–Trinajstić information content (AvgIpc) is 2.23. The molecule has 2 aromatic rings. The molecular weight excluding hydrogens is 287 g/mol. The van der Waals surface area contributed by atoms with E-state index >= 15 is 0 Å². The highest BCUT2D eigenvalue weighted by molar-refractivity contribution is 14.1. The van der Waals surface area contributed by atoms with Crippen molar-refractivity contribution in [2.24, 2.45) is 0 Å². The molecule has 0 saturated heterocycles. The zero-order chi connectivity index (χ0) is 9.97. The lowest BCUT2D eigenvalue weighted by atomic mass is 10.1. The van der Waals surface area contributed by atoms with Crippen LogP contribution in [-0.4, -0.2) is 6.61 Å². The van der Waals surface area contributed by atoms with E-state index in [0.717, 1.165) is 5.75 Å². The maximum atomic E-state index is 5.64. The lowest BCUT2D eigenvalue weighted by Crippen LogP contribution is -1.94. The molecule has 0 unspecified atom stereocenters. The number of ether oxygens (including phenoxy) is 1. The van der Waals surface area contributed by atoms with Gasteiger partial charge in [0.2, 0.25) is 0 Å². The van der Waals surface area contributed by atoms with Crippen molar-refractivity contribution in [3.05, 3.63) is 40.0 Å². The maximum absolute atomic E-state index is 5.64. The van der Waals surface area contributed by atoms with Crippen LogP contribution in [0.1, 0.15) is 6.92 Å². The van der Waals surface area contributed by atoms with Gasteiger partial charge in [0, 0.05) is 5.39 Å². The van der Waals surface area contributed by atoms with E-state index in [-0.39, 0.29) is 0 Å². The fraction of sp³-hybridized carbons (Fsp3) is 0.167. The van der Waals surface area contributed by atoms with Crippen LogP contribution in [0.15, 0.2) is 36.4 Å². The Morgan fingerprint density at radius 2 is 1.93 bits per heavy atom. The van der Waals surface area contributed by atoms with Gasteiger partial charge in [0.25, 0.3) is 0 Å². The fourth-order valence-electron chi connectivity index (χ4n) is 1.51. The molecule has 1 nitrogen and oxygen atoms in total. The van der Waals surface area contributed by atoms with Crippen LogP contribution < -0.4 is 4.74 Å². The summed E-state index contributed by atoms with van der Waals surface area (Å²) in [4.78, 5) is 0. The second-order valence-electron chi connectivity index (χ2n) is 3.03. The second kappa shape index (κ2) is 4.17. The zero-order valence-corrected chi connectivity index (χ0v) is 10.1. The summed E-state index contributed by atoms with van der Waals surface area (Å²) in [5.41, 5.74) is 0. The highest BCUT2D eigenvalue weighted by Crippen LogP contribution is 2.30. The minimum absolute atomic E-state index is 0.712. The largest absolute Gasteiger partial charge is 0.492 e. The first-order chi connectivity index (χ1) is 6.83. The van der Waals surface area contributed by atoms with Gasteiger partial charge >= 0.3 is 0 Å². The van der Waals surface area contributed by atoms with Crippen LogP contribution in [0.4, 0.5) is 0 Å². The van der Waals surface area contributed by atoms with Gasteiger partial charge < -0.3 is 4.74 Å². The van der Waals surface area contributed by atoms with Crippen molar-refractivity contribution >= 4 is 33.4 Å². The van der Waals surface area contributed by atoms with Crippen LogP contribution in [0.25, 0.3) is 10.8 Å². The first kappa shape index (κ1) is 9.77. The number of hydrogen-bond donors (Lipinski definition) is 0. The molecule has 0 aliphatic heterocycles. The Morgan fingerprint density at radius 3 is 2.71 bits per heavy atom. The van der Waals surface area contributed by atoms with E-state index in [1.54, 1.807) is 0 Å². The molecule has 0 heterocycles. The van der Waals surface area contributed by atoms with Crippen molar-refractivity contribution in [3.63, 3.8) is 0 Å². The van der Waals surface area contributed by atoms with Gasteiger partial charge in [-0.15, -0.1) is 0 Å². The SMILES string of the molecule is CCOc1c(I)ccc2ccccc12. The lowest BCUT2D eigenvalue weighted by molar-refractivity contribution is 0.342. The highest BCUT2D eigenvalue weighted by Gasteiger charge is 2.05. The summed E-state index contributed by atoms with van der Waals surface area (Å²) in [6, 6.07) is 12.5. The zero-order valence-electron chi connectivity index (χ0n) is 7.96. The topological polar surface area (TPSA) is 9.23 Å². The third-order valence-corrected chi connectivity index (χ3v) is 2.97. The Hall–Kier alpha value is -0.770. The standard InChI is InChI=1S/C12H11IO/c1-2-14-12-10-6-4-3-5-9(10)7-8-11(12)13/h3-8H,2H2,1H3. The molecular formula is C12H11IO. The molecule has 0 radical (unpaired) electrons. The van der Waals surface area contributed by atoms with Crippen LogP contribution in [0.3, 0.4) is 0 Å². The number of halogens is 1. The number of fused-ring (bicyclic) bond motifs is 1. The second-order valence-corrected chi connectivity index (χ2v) is 4.19. The lowest BCUT2D eigenvalue weighted by Gasteiger charge is -2.09. The van der Waals surface area contributed by atoms with E-state index in [9.17, 15) is 0 Å². The third kappa shape index (κ3) is 1.71. The molecule has 14 heavy (non-hydrogen) atoms. The van der Waals surface area contributed by atoms with E-state index in [1.165, 1.54) is 14.3 Å². The van der Waals surface area contributed by atoms with Gasteiger partial charge in [0.15, 0.2) is 0 Å². The average molecular weight is 298 g/mol. The van der Waals surface area contributed by atoms with Crippen LogP contribution >= 0.6 is 22.6 Å². The van der Waals surface area contributed by atoms with Gasteiger partial charge in [0.1, 0.15) is 5.75 Å². The summed E-state index contributed by atoms with van der Waals surface area (Å²) in [6.45, 7) is 2.72. The van der Waals surface area contributed by atoms with Gasteiger partial charge in [-0.05, 0) is 41.0 Å². The summed E-state index contributed by atoms with van der Waals surface area (Å²) in [6.07, 6.45) is 0. The molecule has 72 valence electrons. The number of benzene rings is 2. The summed E-state index contributed by atoms with van der Waals surface area (Å²) < 4.78 is 6.81. The molecule has 0 saturated carbocycles. The molecule has 2 rings (SSSR count). The minimum atomic E-state index is 0.712. The molecule has 0 aromatic heterocycles. The predicted molar refractivity (Wildman–Crippen MR) is 67.8 cm³/mol. The van der Waals surface area contributed by atoms with Crippen molar-refractivity contribution in [3.8, 4) is 5.75 Å². The Balaban J connectivity index is 2.69. The van der Waals surface area contributed by atoms with Crippen molar-refractivity contribution in [1.82, 2.24) is 0 Å². The molecule has 0 fully saturated rings. The molecule has 0 spiro atoms. The van der Waals surface area contributed by atoms with Crippen molar-refractivity contribution in [1.29, 1.82) is 0 Å². The van der Waals surface area contributed by atoms with Gasteiger partial charge in [-0.3, -0.25) is 0 Å². The van der Waals surface area contributed by atoms with E-state index in [0.29, 0.717) is 6.61 Å². The summed E-state index contributed by atoms with van der Waals surface area (Å²) in [5, 5.41) is 2.43. The van der Waals surface area contributed by atoms with Gasteiger partial charge in [-0.25, -0.2) is 0 Å². The number of rotatable bonds is 2. The van der Waals surface area contributed by atoms with E-state index in [2.05, 4.69) is 46.9 Å². The van der Waals surface area contributed by atoms with E-state index in [4.69, 9.17) is 4.74 Å². The van der Waals surface area contributed by atoms with Crippen LogP contribution in [0.2, 0.25) is 0 Å². The Kier molecular flexibility index (Phi) is 2.91. The van der Waals surface area contributed by atoms with E-state index in [1.807, 2.05) is 19.1 Å². The Bertz CT molecular complexity index is 451.